The van der Waals surface area contributed by atoms with Gasteiger partial charge in [-0.25, -0.2) is 0 Å². The van der Waals surface area contributed by atoms with Crippen LogP contribution in [0, 0.1) is 11.3 Å². The summed E-state index contributed by atoms with van der Waals surface area (Å²) in [5, 5.41) is 0. The van der Waals surface area contributed by atoms with E-state index in [1.807, 2.05) is 0 Å². The van der Waals surface area contributed by atoms with Gasteiger partial charge in [0, 0.05) is 25.7 Å². The first kappa shape index (κ1) is 12.3. The number of likely N-dealkylation sites (tertiary alicyclic amines) is 1. The summed E-state index contributed by atoms with van der Waals surface area (Å²) in [6.45, 7) is 7.06. The molecule has 1 saturated carbocycles. The molecule has 1 heterocycles. The van der Waals surface area contributed by atoms with Gasteiger partial charge in [-0.05, 0) is 51.2 Å². The lowest BCUT2D eigenvalue weighted by Crippen LogP contribution is -2.35. The van der Waals surface area contributed by atoms with E-state index in [0.29, 0.717) is 5.41 Å². The second-order valence-corrected chi connectivity index (χ2v) is 6.24. The molecule has 16 heavy (non-hydrogen) atoms. The topological polar surface area (TPSA) is 32.5 Å². The summed E-state index contributed by atoms with van der Waals surface area (Å²) in [5.41, 5.74) is 6.31. The predicted octanol–water partition coefficient (Wildman–Crippen LogP) is 0.997. The van der Waals surface area contributed by atoms with Gasteiger partial charge in [0.2, 0.25) is 0 Å². The van der Waals surface area contributed by atoms with Crippen molar-refractivity contribution in [3.05, 3.63) is 0 Å². The SMILES string of the molecule is CC1CN(CC2(CCN)CC2)CC1N(C)C. The molecule has 0 aromatic carbocycles. The summed E-state index contributed by atoms with van der Waals surface area (Å²) in [5.74, 6) is 0.809. The molecule has 0 aromatic rings. The van der Waals surface area contributed by atoms with E-state index in [-0.39, 0.29) is 0 Å². The van der Waals surface area contributed by atoms with Crippen LogP contribution in [0.5, 0.6) is 0 Å². The zero-order chi connectivity index (χ0) is 11.8. The molecule has 2 N–H and O–H groups in total. The van der Waals surface area contributed by atoms with Crippen LogP contribution in [-0.2, 0) is 0 Å². The highest BCUT2D eigenvalue weighted by Crippen LogP contribution is 2.49. The molecule has 1 saturated heterocycles. The highest BCUT2D eigenvalue weighted by Gasteiger charge is 2.44. The number of nitrogens with zero attached hydrogens (tertiary/aromatic N) is 2. The largest absolute Gasteiger partial charge is 0.330 e. The minimum atomic E-state index is 0.607. The number of likely N-dealkylation sites (N-methyl/N-ethyl adjacent to an activating group) is 1. The zero-order valence-corrected chi connectivity index (χ0v) is 11.1. The molecule has 0 bridgehead atoms. The van der Waals surface area contributed by atoms with Gasteiger partial charge in [-0.1, -0.05) is 6.92 Å². The van der Waals surface area contributed by atoms with E-state index in [1.54, 1.807) is 0 Å². The fraction of sp³-hybridized carbons (Fsp3) is 1.00. The van der Waals surface area contributed by atoms with Crippen LogP contribution >= 0.6 is 0 Å². The quantitative estimate of drug-likeness (QED) is 0.757. The third kappa shape index (κ3) is 2.58. The van der Waals surface area contributed by atoms with Gasteiger partial charge in [0.25, 0.3) is 0 Å². The highest BCUT2D eigenvalue weighted by atomic mass is 15.2. The Bertz CT molecular complexity index is 235. The van der Waals surface area contributed by atoms with Crippen molar-refractivity contribution < 1.29 is 0 Å². The summed E-state index contributed by atoms with van der Waals surface area (Å²) in [4.78, 5) is 5.05. The van der Waals surface area contributed by atoms with Crippen molar-refractivity contribution in [2.45, 2.75) is 32.2 Å². The van der Waals surface area contributed by atoms with E-state index in [1.165, 1.54) is 38.9 Å². The van der Waals surface area contributed by atoms with E-state index in [4.69, 9.17) is 5.73 Å². The third-order valence-corrected chi connectivity index (χ3v) is 4.50. The van der Waals surface area contributed by atoms with Gasteiger partial charge in [0.15, 0.2) is 0 Å². The van der Waals surface area contributed by atoms with Gasteiger partial charge in [0.1, 0.15) is 0 Å². The molecule has 1 aliphatic heterocycles. The van der Waals surface area contributed by atoms with Gasteiger partial charge < -0.3 is 15.5 Å². The maximum atomic E-state index is 5.70. The van der Waals surface area contributed by atoms with Crippen molar-refractivity contribution in [3.8, 4) is 0 Å². The smallest absolute Gasteiger partial charge is 0.0254 e. The molecule has 0 amide bonds. The first-order valence-electron chi connectivity index (χ1n) is 6.65. The van der Waals surface area contributed by atoms with Crippen LogP contribution < -0.4 is 5.73 Å². The fourth-order valence-electron chi connectivity index (χ4n) is 3.29. The van der Waals surface area contributed by atoms with E-state index >= 15 is 0 Å². The molecule has 3 nitrogen and oxygen atoms in total. The number of hydrogen-bond acceptors (Lipinski definition) is 3. The standard InChI is InChI=1S/C13H27N3/c1-11-8-16(9-12(11)15(2)3)10-13(4-5-13)6-7-14/h11-12H,4-10,14H2,1-3H3. The summed E-state index contributed by atoms with van der Waals surface area (Å²) in [6.07, 6.45) is 4.04. The van der Waals surface area contributed by atoms with Crippen molar-refractivity contribution in [1.29, 1.82) is 0 Å². The Morgan fingerprint density at radius 3 is 2.44 bits per heavy atom. The van der Waals surface area contributed by atoms with Crippen molar-refractivity contribution in [2.24, 2.45) is 17.1 Å². The molecular weight excluding hydrogens is 198 g/mol. The molecule has 2 rings (SSSR count). The summed E-state index contributed by atoms with van der Waals surface area (Å²) in [7, 11) is 4.41. The Balaban J connectivity index is 1.84. The second kappa shape index (κ2) is 4.63. The van der Waals surface area contributed by atoms with Crippen LogP contribution in [0.15, 0.2) is 0 Å². The number of nitrogens with two attached hydrogens (primary N) is 1. The fourth-order valence-corrected chi connectivity index (χ4v) is 3.29. The van der Waals surface area contributed by atoms with E-state index < -0.39 is 0 Å². The monoisotopic (exact) mass is 225 g/mol. The van der Waals surface area contributed by atoms with Gasteiger partial charge in [-0.3, -0.25) is 0 Å². The Morgan fingerprint density at radius 1 is 1.31 bits per heavy atom. The number of hydrogen-bond donors (Lipinski definition) is 1. The van der Waals surface area contributed by atoms with Crippen LogP contribution in [0.3, 0.4) is 0 Å². The third-order valence-electron chi connectivity index (χ3n) is 4.50. The lowest BCUT2D eigenvalue weighted by atomic mass is 10.0. The van der Waals surface area contributed by atoms with Crippen molar-refractivity contribution in [2.75, 3.05) is 40.3 Å². The van der Waals surface area contributed by atoms with Crippen molar-refractivity contribution >= 4 is 0 Å². The summed E-state index contributed by atoms with van der Waals surface area (Å²) < 4.78 is 0. The minimum absolute atomic E-state index is 0.607. The predicted molar refractivity (Wildman–Crippen MR) is 68.4 cm³/mol. The van der Waals surface area contributed by atoms with Gasteiger partial charge in [0.05, 0.1) is 0 Å². The second-order valence-electron chi connectivity index (χ2n) is 6.24. The van der Waals surface area contributed by atoms with Crippen LogP contribution in [-0.4, -0.2) is 56.1 Å². The summed E-state index contributed by atoms with van der Waals surface area (Å²) in [6, 6.07) is 0.744. The molecule has 94 valence electrons. The maximum Gasteiger partial charge on any atom is 0.0254 e. The molecule has 0 radical (unpaired) electrons. The molecule has 2 atom stereocenters. The highest BCUT2D eigenvalue weighted by molar-refractivity contribution is 4.98. The van der Waals surface area contributed by atoms with Gasteiger partial charge in [-0.2, -0.15) is 0 Å². The Morgan fingerprint density at radius 2 is 2.00 bits per heavy atom. The van der Waals surface area contributed by atoms with Crippen molar-refractivity contribution in [1.82, 2.24) is 9.80 Å². The summed E-state index contributed by atoms with van der Waals surface area (Å²) >= 11 is 0. The van der Waals surface area contributed by atoms with Gasteiger partial charge >= 0.3 is 0 Å². The van der Waals surface area contributed by atoms with Crippen LogP contribution in [0.25, 0.3) is 0 Å². The van der Waals surface area contributed by atoms with Crippen molar-refractivity contribution in [3.63, 3.8) is 0 Å². The molecule has 3 heteroatoms. The van der Waals surface area contributed by atoms with E-state index in [9.17, 15) is 0 Å². The Kier molecular flexibility index (Phi) is 3.57. The first-order chi connectivity index (χ1) is 7.56. The zero-order valence-electron chi connectivity index (χ0n) is 11.1. The van der Waals surface area contributed by atoms with E-state index in [2.05, 4.69) is 30.8 Å². The first-order valence-corrected chi connectivity index (χ1v) is 6.65. The average molecular weight is 225 g/mol. The molecule has 2 unspecified atom stereocenters. The lowest BCUT2D eigenvalue weighted by molar-refractivity contribution is 0.226. The molecule has 2 fully saturated rings. The Labute approximate surface area is 100.0 Å². The van der Waals surface area contributed by atoms with Crippen LogP contribution in [0.2, 0.25) is 0 Å². The maximum absolute atomic E-state index is 5.70. The van der Waals surface area contributed by atoms with Gasteiger partial charge in [-0.15, -0.1) is 0 Å². The molecular formula is C13H27N3. The van der Waals surface area contributed by atoms with Crippen LogP contribution in [0.4, 0.5) is 0 Å². The lowest BCUT2D eigenvalue weighted by Gasteiger charge is -2.24. The molecule has 0 aromatic heterocycles. The molecule has 1 aliphatic carbocycles. The number of rotatable bonds is 5. The van der Waals surface area contributed by atoms with E-state index in [0.717, 1.165) is 18.5 Å². The van der Waals surface area contributed by atoms with Crippen LogP contribution in [0.1, 0.15) is 26.2 Å². The minimum Gasteiger partial charge on any atom is -0.330 e. The molecule has 2 aliphatic rings. The Hall–Kier alpha value is -0.120. The molecule has 0 spiro atoms. The average Bonchev–Trinajstić information content (AvgIpc) is 2.83. The normalized spacial score (nSPS) is 33.6.